The Balaban J connectivity index is 1.48. The van der Waals surface area contributed by atoms with Crippen molar-refractivity contribution < 1.29 is 0 Å². The summed E-state index contributed by atoms with van der Waals surface area (Å²) in [5.41, 5.74) is 6.74. The lowest BCUT2D eigenvalue weighted by atomic mass is 9.71. The van der Waals surface area contributed by atoms with Gasteiger partial charge in [0.05, 0.1) is 6.17 Å². The molecule has 4 aliphatic rings. The van der Waals surface area contributed by atoms with Crippen molar-refractivity contribution in [3.63, 3.8) is 0 Å². The number of piperidine rings is 1. The number of hydrogen-bond acceptors (Lipinski definition) is 3. The molecular formula is C17H29BrClN3. The molecule has 2 aliphatic heterocycles. The number of alkyl halides is 2. The number of halogens is 2. The van der Waals surface area contributed by atoms with Crippen molar-refractivity contribution in [2.75, 3.05) is 6.54 Å². The van der Waals surface area contributed by atoms with Crippen LogP contribution in [0, 0.1) is 11.8 Å². The highest BCUT2D eigenvalue weighted by Crippen LogP contribution is 2.43. The lowest BCUT2D eigenvalue weighted by Crippen LogP contribution is -2.66. The van der Waals surface area contributed by atoms with Gasteiger partial charge in [0.2, 0.25) is 0 Å². The lowest BCUT2D eigenvalue weighted by molar-refractivity contribution is 0.0313. The van der Waals surface area contributed by atoms with Gasteiger partial charge in [0.25, 0.3) is 0 Å². The first-order valence-electron chi connectivity index (χ1n) is 9.19. The van der Waals surface area contributed by atoms with Gasteiger partial charge in [0.1, 0.15) is 0 Å². The molecule has 0 aromatic heterocycles. The minimum absolute atomic E-state index is 0.372. The van der Waals surface area contributed by atoms with Gasteiger partial charge in [-0.3, -0.25) is 10.2 Å². The van der Waals surface area contributed by atoms with Crippen LogP contribution in [-0.4, -0.2) is 45.9 Å². The Bertz CT molecular complexity index is 409. The van der Waals surface area contributed by atoms with Crippen LogP contribution in [0.3, 0.4) is 0 Å². The molecule has 2 aliphatic carbocycles. The van der Waals surface area contributed by atoms with E-state index in [2.05, 4.69) is 26.1 Å². The SMILES string of the molecule is NC1C2CC(Br)CCC2NC2C1CCN2C1CCCC(Cl)C1. The third kappa shape index (κ3) is 2.88. The fourth-order valence-corrected chi connectivity index (χ4v) is 6.66. The molecule has 3 N–H and O–H groups in total. The molecule has 2 saturated carbocycles. The molecule has 0 spiro atoms. The first kappa shape index (κ1) is 16.1. The number of likely N-dealkylation sites (tertiary alicyclic amines) is 1. The highest BCUT2D eigenvalue weighted by Gasteiger charge is 2.50. The summed E-state index contributed by atoms with van der Waals surface area (Å²) in [4.78, 5) is 3.40. The fraction of sp³-hybridized carbons (Fsp3) is 1.00. The molecule has 8 atom stereocenters. The van der Waals surface area contributed by atoms with Crippen molar-refractivity contribution in [3.05, 3.63) is 0 Å². The molecule has 4 rings (SSSR count). The van der Waals surface area contributed by atoms with Crippen LogP contribution in [0.1, 0.15) is 51.4 Å². The van der Waals surface area contributed by atoms with E-state index < -0.39 is 0 Å². The first-order chi connectivity index (χ1) is 10.6. The molecule has 22 heavy (non-hydrogen) atoms. The van der Waals surface area contributed by atoms with Gasteiger partial charge in [0.15, 0.2) is 0 Å². The fourth-order valence-electron chi connectivity index (χ4n) is 5.60. The predicted molar refractivity (Wildman–Crippen MR) is 95.5 cm³/mol. The monoisotopic (exact) mass is 389 g/mol. The number of hydrogen-bond donors (Lipinski definition) is 2. The van der Waals surface area contributed by atoms with Gasteiger partial charge in [-0.05, 0) is 50.9 Å². The summed E-state index contributed by atoms with van der Waals surface area (Å²) < 4.78 is 0. The summed E-state index contributed by atoms with van der Waals surface area (Å²) in [5, 5.41) is 4.39. The van der Waals surface area contributed by atoms with Gasteiger partial charge < -0.3 is 5.73 Å². The first-order valence-corrected chi connectivity index (χ1v) is 10.5. The zero-order valence-electron chi connectivity index (χ0n) is 13.3. The summed E-state index contributed by atoms with van der Waals surface area (Å²) in [6, 6.07) is 1.67. The Labute approximate surface area is 147 Å². The van der Waals surface area contributed by atoms with Crippen LogP contribution >= 0.6 is 27.5 Å². The van der Waals surface area contributed by atoms with Gasteiger partial charge in [-0.25, -0.2) is 0 Å². The summed E-state index contributed by atoms with van der Waals surface area (Å²) in [6.07, 6.45) is 10.5. The maximum Gasteiger partial charge on any atom is 0.0646 e. The second-order valence-electron chi connectivity index (χ2n) is 7.98. The average molecular weight is 391 g/mol. The maximum atomic E-state index is 6.74. The van der Waals surface area contributed by atoms with Crippen molar-refractivity contribution in [2.45, 2.75) is 85.9 Å². The molecule has 0 aromatic carbocycles. The van der Waals surface area contributed by atoms with Gasteiger partial charge in [0, 0.05) is 40.8 Å². The van der Waals surface area contributed by atoms with Crippen molar-refractivity contribution in [3.8, 4) is 0 Å². The minimum atomic E-state index is 0.372. The Hall–Kier alpha value is 0.650. The summed E-state index contributed by atoms with van der Waals surface area (Å²) in [6.45, 7) is 1.21. The van der Waals surface area contributed by atoms with Crippen LogP contribution in [0.5, 0.6) is 0 Å². The maximum absolute atomic E-state index is 6.74. The zero-order valence-corrected chi connectivity index (χ0v) is 15.6. The van der Waals surface area contributed by atoms with Crippen molar-refractivity contribution in [1.29, 1.82) is 0 Å². The van der Waals surface area contributed by atoms with Crippen molar-refractivity contribution in [1.82, 2.24) is 10.2 Å². The molecule has 0 aromatic rings. The highest BCUT2D eigenvalue weighted by atomic mass is 79.9. The van der Waals surface area contributed by atoms with Gasteiger partial charge >= 0.3 is 0 Å². The Morgan fingerprint density at radius 2 is 1.91 bits per heavy atom. The summed E-state index contributed by atoms with van der Waals surface area (Å²) in [7, 11) is 0. The zero-order chi connectivity index (χ0) is 15.3. The van der Waals surface area contributed by atoms with Gasteiger partial charge in [-0.15, -0.1) is 11.6 Å². The molecule has 3 nitrogen and oxygen atoms in total. The van der Waals surface area contributed by atoms with Crippen LogP contribution in [0.25, 0.3) is 0 Å². The van der Waals surface area contributed by atoms with Crippen LogP contribution < -0.4 is 11.1 Å². The van der Waals surface area contributed by atoms with Crippen LogP contribution in [0.15, 0.2) is 0 Å². The van der Waals surface area contributed by atoms with Crippen LogP contribution in [0.2, 0.25) is 0 Å². The minimum Gasteiger partial charge on any atom is -0.327 e. The van der Waals surface area contributed by atoms with E-state index in [0.29, 0.717) is 46.3 Å². The van der Waals surface area contributed by atoms with E-state index in [-0.39, 0.29) is 0 Å². The molecule has 5 heteroatoms. The molecule has 2 heterocycles. The second-order valence-corrected chi connectivity index (χ2v) is 9.89. The Morgan fingerprint density at radius 3 is 2.73 bits per heavy atom. The largest absolute Gasteiger partial charge is 0.327 e. The standard InChI is InChI=1S/C17H29BrClN3/c18-10-4-5-15-14(8-10)16(20)13-6-7-22(17(13)21-15)12-3-1-2-11(19)9-12/h10-17,21H,1-9,20H2. The second kappa shape index (κ2) is 6.51. The molecule has 0 bridgehead atoms. The van der Waals surface area contributed by atoms with Crippen molar-refractivity contribution in [2.24, 2.45) is 17.6 Å². The van der Waals surface area contributed by atoms with E-state index in [1.165, 1.54) is 57.9 Å². The Kier molecular flexibility index (Phi) is 4.78. The predicted octanol–water partition coefficient (Wildman–Crippen LogP) is 3.05. The van der Waals surface area contributed by atoms with Gasteiger partial charge in [-0.1, -0.05) is 22.4 Å². The molecule has 2 saturated heterocycles. The number of rotatable bonds is 1. The van der Waals surface area contributed by atoms with E-state index in [1.54, 1.807) is 0 Å². The molecule has 0 radical (unpaired) electrons. The van der Waals surface area contributed by atoms with E-state index >= 15 is 0 Å². The topological polar surface area (TPSA) is 41.3 Å². The lowest BCUT2D eigenvalue weighted by Gasteiger charge is -2.50. The van der Waals surface area contributed by atoms with Crippen molar-refractivity contribution >= 4 is 27.5 Å². The third-order valence-electron chi connectivity index (χ3n) is 6.74. The number of nitrogens with one attached hydrogen (secondary N) is 1. The molecule has 4 fully saturated rings. The van der Waals surface area contributed by atoms with E-state index in [0.717, 1.165) is 0 Å². The third-order valence-corrected chi connectivity index (χ3v) is 7.97. The Morgan fingerprint density at radius 1 is 1.05 bits per heavy atom. The summed E-state index contributed by atoms with van der Waals surface area (Å²) >= 11 is 10.3. The quantitative estimate of drug-likeness (QED) is 0.676. The van der Waals surface area contributed by atoms with E-state index in [1.807, 2.05) is 0 Å². The number of nitrogens with zero attached hydrogens (tertiary/aromatic N) is 1. The van der Waals surface area contributed by atoms with Crippen LogP contribution in [-0.2, 0) is 0 Å². The highest BCUT2D eigenvalue weighted by molar-refractivity contribution is 9.09. The van der Waals surface area contributed by atoms with E-state index in [4.69, 9.17) is 17.3 Å². The summed E-state index contributed by atoms with van der Waals surface area (Å²) in [5.74, 6) is 1.29. The van der Waals surface area contributed by atoms with Gasteiger partial charge in [-0.2, -0.15) is 0 Å². The number of nitrogens with two attached hydrogens (primary N) is 1. The number of fused-ring (bicyclic) bond motifs is 2. The van der Waals surface area contributed by atoms with Crippen LogP contribution in [0.4, 0.5) is 0 Å². The molecule has 8 unspecified atom stereocenters. The normalized spacial score (nSPS) is 53.0. The smallest absolute Gasteiger partial charge is 0.0646 e. The molecule has 126 valence electrons. The molecular weight excluding hydrogens is 362 g/mol. The average Bonchev–Trinajstić information content (AvgIpc) is 2.92. The van der Waals surface area contributed by atoms with E-state index in [9.17, 15) is 0 Å². The molecule has 0 amide bonds.